The van der Waals surface area contributed by atoms with Crippen molar-refractivity contribution in [3.8, 4) is 0 Å². The first-order chi connectivity index (χ1) is 9.24. The smallest absolute Gasteiger partial charge is 0.315 e. The molecule has 0 spiro atoms. The zero-order valence-corrected chi connectivity index (χ0v) is 12.3. The maximum atomic E-state index is 11.9. The molecule has 104 valence electrons. The minimum absolute atomic E-state index is 0.104. The van der Waals surface area contributed by atoms with Crippen molar-refractivity contribution in [2.75, 3.05) is 18.1 Å². The molecule has 0 saturated heterocycles. The number of aromatic nitrogens is 1. The third kappa shape index (κ3) is 2.36. The molecule has 0 aromatic carbocycles. The molecule has 0 aliphatic heterocycles. The molecular weight excluding hydrogens is 260 g/mol. The number of aryl methyl sites for hydroxylation is 1. The van der Waals surface area contributed by atoms with Gasteiger partial charge in [0.05, 0.1) is 12.3 Å². The molecule has 2 aliphatic carbocycles. The fourth-order valence-electron chi connectivity index (χ4n) is 2.75. The highest BCUT2D eigenvalue weighted by Crippen LogP contribution is 2.42. The summed E-state index contributed by atoms with van der Waals surface area (Å²) in [5, 5.41) is 1.10. The summed E-state index contributed by atoms with van der Waals surface area (Å²) in [4.78, 5) is 20.3. The number of esters is 1. The summed E-state index contributed by atoms with van der Waals surface area (Å²) in [6.07, 6.45) is 4.39. The van der Waals surface area contributed by atoms with Crippen molar-refractivity contribution in [1.29, 1.82) is 0 Å². The highest BCUT2D eigenvalue weighted by molar-refractivity contribution is 7.15. The Kier molecular flexibility index (Phi) is 3.48. The summed E-state index contributed by atoms with van der Waals surface area (Å²) in [5.74, 6) is -0.231. The maximum Gasteiger partial charge on any atom is 0.315 e. The van der Waals surface area contributed by atoms with Crippen molar-refractivity contribution >= 4 is 22.4 Å². The van der Waals surface area contributed by atoms with E-state index in [0.717, 1.165) is 30.2 Å². The molecule has 4 nitrogen and oxygen atoms in total. The van der Waals surface area contributed by atoms with Crippen molar-refractivity contribution in [2.24, 2.45) is 0 Å². The zero-order valence-electron chi connectivity index (χ0n) is 11.5. The van der Waals surface area contributed by atoms with Crippen molar-refractivity contribution in [3.05, 3.63) is 10.6 Å². The molecule has 19 heavy (non-hydrogen) atoms. The van der Waals surface area contributed by atoms with Crippen LogP contribution in [0.5, 0.6) is 0 Å². The minimum Gasteiger partial charge on any atom is -0.465 e. The van der Waals surface area contributed by atoms with Gasteiger partial charge in [-0.2, -0.15) is 0 Å². The molecule has 0 radical (unpaired) electrons. The van der Waals surface area contributed by atoms with Crippen molar-refractivity contribution in [3.63, 3.8) is 0 Å². The van der Waals surface area contributed by atoms with Crippen LogP contribution in [0.15, 0.2) is 0 Å². The number of hydrogen-bond donors (Lipinski definition) is 0. The topological polar surface area (TPSA) is 42.4 Å². The van der Waals surface area contributed by atoms with Gasteiger partial charge in [-0.1, -0.05) is 0 Å². The molecule has 1 saturated carbocycles. The molecule has 0 N–H and O–H groups in total. The fraction of sp³-hybridized carbons (Fsp3) is 0.714. The largest absolute Gasteiger partial charge is 0.465 e. The molecular formula is C14H20N2O2S. The molecule has 5 heteroatoms. The molecule has 3 rings (SSSR count). The van der Waals surface area contributed by atoms with E-state index < -0.39 is 0 Å². The summed E-state index contributed by atoms with van der Waals surface area (Å²) in [5.41, 5.74) is 0.984. The van der Waals surface area contributed by atoms with Crippen LogP contribution in [0.4, 0.5) is 5.13 Å². The minimum atomic E-state index is -0.127. The van der Waals surface area contributed by atoms with Crippen LogP contribution in [-0.4, -0.2) is 30.1 Å². The summed E-state index contributed by atoms with van der Waals surface area (Å²) >= 11 is 1.77. The average molecular weight is 280 g/mol. The van der Waals surface area contributed by atoms with Gasteiger partial charge >= 0.3 is 5.97 Å². The van der Waals surface area contributed by atoms with Crippen LogP contribution in [0, 0.1) is 0 Å². The second-order valence-corrected chi connectivity index (χ2v) is 6.23. The van der Waals surface area contributed by atoms with Crippen LogP contribution < -0.4 is 4.90 Å². The molecule has 0 amide bonds. The number of rotatable bonds is 5. The van der Waals surface area contributed by atoms with E-state index in [1.54, 1.807) is 11.3 Å². The third-order valence-electron chi connectivity index (χ3n) is 3.85. The van der Waals surface area contributed by atoms with Crippen LogP contribution in [0.2, 0.25) is 0 Å². The number of anilines is 1. The van der Waals surface area contributed by atoms with Gasteiger partial charge in [-0.3, -0.25) is 4.79 Å². The molecule has 1 aromatic heterocycles. The number of nitrogens with zero attached hydrogens (tertiary/aromatic N) is 2. The molecule has 1 aromatic rings. The lowest BCUT2D eigenvalue weighted by atomic mass is 10.1. The van der Waals surface area contributed by atoms with Gasteiger partial charge in [-0.05, 0) is 39.5 Å². The molecule has 0 bridgehead atoms. The van der Waals surface area contributed by atoms with E-state index in [4.69, 9.17) is 9.72 Å². The Labute approximate surface area is 117 Å². The van der Waals surface area contributed by atoms with E-state index in [-0.39, 0.29) is 11.9 Å². The SMILES string of the molecule is CCOC(=O)C1CCc2sc(N(CC)C3CC3)nc21. The van der Waals surface area contributed by atoms with Gasteiger partial charge in [-0.25, -0.2) is 4.98 Å². The van der Waals surface area contributed by atoms with Gasteiger partial charge in [0.2, 0.25) is 0 Å². The van der Waals surface area contributed by atoms with E-state index in [2.05, 4.69) is 11.8 Å². The number of carbonyl (C=O) groups is 1. The second kappa shape index (κ2) is 5.12. The van der Waals surface area contributed by atoms with Crippen LogP contribution in [0.1, 0.15) is 49.6 Å². The van der Waals surface area contributed by atoms with Crippen LogP contribution in [-0.2, 0) is 16.0 Å². The average Bonchev–Trinajstić information content (AvgIpc) is 2.99. The standard InChI is InChI=1S/C14H20N2O2S/c1-3-16(9-5-6-9)14-15-12-10(13(17)18-4-2)7-8-11(12)19-14/h9-10H,3-8H2,1-2H3. The Bertz CT molecular complexity index is 482. The number of carbonyl (C=O) groups excluding carboxylic acids is 1. The predicted molar refractivity (Wildman–Crippen MR) is 75.9 cm³/mol. The summed E-state index contributed by atoms with van der Waals surface area (Å²) in [7, 11) is 0. The lowest BCUT2D eigenvalue weighted by Gasteiger charge is -2.19. The molecule has 1 atom stereocenters. The van der Waals surface area contributed by atoms with Gasteiger partial charge < -0.3 is 9.64 Å². The van der Waals surface area contributed by atoms with Crippen molar-refractivity contribution < 1.29 is 9.53 Å². The normalized spacial score (nSPS) is 21.3. The lowest BCUT2D eigenvalue weighted by molar-refractivity contribution is -0.145. The first kappa shape index (κ1) is 12.9. The number of ether oxygens (including phenoxy) is 1. The van der Waals surface area contributed by atoms with E-state index >= 15 is 0 Å². The van der Waals surface area contributed by atoms with Crippen molar-refractivity contribution in [2.45, 2.75) is 51.5 Å². The molecule has 1 unspecified atom stereocenters. The zero-order chi connectivity index (χ0) is 13.4. The number of hydrogen-bond acceptors (Lipinski definition) is 5. The van der Waals surface area contributed by atoms with Crippen molar-refractivity contribution in [1.82, 2.24) is 4.98 Å². The summed E-state index contributed by atoms with van der Waals surface area (Å²) in [6, 6.07) is 0.678. The highest BCUT2D eigenvalue weighted by atomic mass is 32.1. The second-order valence-electron chi connectivity index (χ2n) is 5.17. The Balaban J connectivity index is 1.81. The monoisotopic (exact) mass is 280 g/mol. The lowest BCUT2D eigenvalue weighted by Crippen LogP contribution is -2.25. The van der Waals surface area contributed by atoms with E-state index in [1.165, 1.54) is 17.7 Å². The first-order valence-electron chi connectivity index (χ1n) is 7.17. The molecule has 2 aliphatic rings. The van der Waals surface area contributed by atoms with Crippen LogP contribution in [0.25, 0.3) is 0 Å². The first-order valence-corrected chi connectivity index (χ1v) is 7.99. The predicted octanol–water partition coefficient (Wildman–Crippen LogP) is 2.72. The van der Waals surface area contributed by atoms with E-state index in [9.17, 15) is 4.79 Å². The van der Waals surface area contributed by atoms with Crippen LogP contribution >= 0.6 is 11.3 Å². The Morgan fingerprint density at radius 3 is 2.84 bits per heavy atom. The van der Waals surface area contributed by atoms with Gasteiger partial charge in [0, 0.05) is 17.5 Å². The number of fused-ring (bicyclic) bond motifs is 1. The fourth-order valence-corrected chi connectivity index (χ4v) is 4.02. The van der Waals surface area contributed by atoms with Gasteiger partial charge in [-0.15, -0.1) is 11.3 Å². The Morgan fingerprint density at radius 2 is 2.21 bits per heavy atom. The molecule has 1 fully saturated rings. The Hall–Kier alpha value is -1.10. The van der Waals surface area contributed by atoms with Gasteiger partial charge in [0.1, 0.15) is 5.92 Å². The van der Waals surface area contributed by atoms with E-state index in [1.807, 2.05) is 6.92 Å². The quantitative estimate of drug-likeness (QED) is 0.778. The third-order valence-corrected chi connectivity index (χ3v) is 5.02. The van der Waals surface area contributed by atoms with Gasteiger partial charge in [0.25, 0.3) is 0 Å². The number of thiazole rings is 1. The van der Waals surface area contributed by atoms with Crippen LogP contribution in [0.3, 0.4) is 0 Å². The van der Waals surface area contributed by atoms with Gasteiger partial charge in [0.15, 0.2) is 5.13 Å². The maximum absolute atomic E-state index is 11.9. The highest BCUT2D eigenvalue weighted by Gasteiger charge is 2.36. The summed E-state index contributed by atoms with van der Waals surface area (Å²) in [6.45, 7) is 5.48. The Morgan fingerprint density at radius 1 is 1.42 bits per heavy atom. The van der Waals surface area contributed by atoms with E-state index in [0.29, 0.717) is 12.6 Å². The summed E-state index contributed by atoms with van der Waals surface area (Å²) < 4.78 is 5.15. The molecule has 1 heterocycles.